The van der Waals surface area contributed by atoms with Crippen LogP contribution in [0.5, 0.6) is 11.5 Å². The zero-order valence-electron chi connectivity index (χ0n) is 30.1. The first-order valence-corrected chi connectivity index (χ1v) is 19.1. The van der Waals surface area contributed by atoms with E-state index >= 15 is 0 Å². The van der Waals surface area contributed by atoms with E-state index in [-0.39, 0.29) is 0 Å². The van der Waals surface area contributed by atoms with E-state index in [4.69, 9.17) is 54.2 Å². The van der Waals surface area contributed by atoms with E-state index in [1.165, 1.54) is 0 Å². The quantitative estimate of drug-likeness (QED) is 0.131. The van der Waals surface area contributed by atoms with Gasteiger partial charge in [-0.25, -0.2) is 19.3 Å². The smallest absolute Gasteiger partial charge is 0.170 e. The molecule has 0 aliphatic heterocycles. The Morgan fingerprint density at radius 3 is 1.44 bits per heavy atom. The van der Waals surface area contributed by atoms with Gasteiger partial charge in [0.15, 0.2) is 23.1 Å². The molecule has 8 aromatic rings. The molecule has 0 radical (unpaired) electrons. The van der Waals surface area contributed by atoms with Crippen molar-refractivity contribution in [3.05, 3.63) is 167 Å². The summed E-state index contributed by atoms with van der Waals surface area (Å²) in [4.78, 5) is 11.0. The Bertz CT molecular complexity index is 2620. The van der Waals surface area contributed by atoms with Crippen LogP contribution in [0.1, 0.15) is 13.8 Å². The molecule has 8 rings (SSSR count). The van der Waals surface area contributed by atoms with E-state index in [0.717, 1.165) is 39.2 Å². The SMILES string of the molecule is CCOc1cccc(-c2nc(-c3ccccc3Cl)n(-n3c(-c4ccccc4Cl)nc(-c4ccccc4)c3-c3ccccc3)c2-c2ccccc2Cl)c1OCC. The van der Waals surface area contributed by atoms with Crippen molar-refractivity contribution in [3.8, 4) is 79.3 Å². The van der Waals surface area contributed by atoms with Gasteiger partial charge in [0.05, 0.1) is 39.7 Å². The molecule has 0 atom stereocenters. The van der Waals surface area contributed by atoms with Crippen LogP contribution < -0.4 is 9.47 Å². The summed E-state index contributed by atoms with van der Waals surface area (Å²) in [6, 6.07) is 49.4. The first-order valence-electron chi connectivity index (χ1n) is 18.0. The predicted molar refractivity (Wildman–Crippen MR) is 225 cm³/mol. The van der Waals surface area contributed by atoms with Crippen LogP contribution in [-0.2, 0) is 0 Å². The van der Waals surface area contributed by atoms with Crippen molar-refractivity contribution in [1.82, 2.24) is 19.3 Å². The minimum Gasteiger partial charge on any atom is -0.490 e. The van der Waals surface area contributed by atoms with E-state index in [9.17, 15) is 0 Å². The molecule has 0 unspecified atom stereocenters. The highest BCUT2D eigenvalue weighted by Crippen LogP contribution is 2.48. The second-order valence-corrected chi connectivity index (χ2v) is 13.8. The molecular formula is C46H35Cl3N4O2. The molecule has 0 aliphatic carbocycles. The third-order valence-corrected chi connectivity index (χ3v) is 10.2. The molecule has 0 saturated carbocycles. The number of hydrogen-bond acceptors (Lipinski definition) is 4. The summed E-state index contributed by atoms with van der Waals surface area (Å²) < 4.78 is 16.7. The highest BCUT2D eigenvalue weighted by atomic mass is 35.5. The van der Waals surface area contributed by atoms with Gasteiger partial charge in [-0.15, -0.1) is 0 Å². The first kappa shape index (κ1) is 36.2. The number of imidazole rings is 2. The number of hydrogen-bond donors (Lipinski definition) is 0. The Hall–Kier alpha value is -5.79. The zero-order valence-corrected chi connectivity index (χ0v) is 32.4. The van der Waals surface area contributed by atoms with Crippen molar-refractivity contribution in [2.24, 2.45) is 0 Å². The lowest BCUT2D eigenvalue weighted by atomic mass is 10.0. The molecule has 0 aliphatic rings. The molecule has 55 heavy (non-hydrogen) atoms. The molecule has 6 nitrogen and oxygen atoms in total. The molecular weight excluding hydrogens is 747 g/mol. The van der Waals surface area contributed by atoms with Gasteiger partial charge in [-0.05, 0) is 56.3 Å². The van der Waals surface area contributed by atoms with E-state index < -0.39 is 0 Å². The molecule has 0 spiro atoms. The molecule has 0 saturated heterocycles. The van der Waals surface area contributed by atoms with Crippen molar-refractivity contribution < 1.29 is 9.47 Å². The molecule has 9 heteroatoms. The Balaban J connectivity index is 1.63. The second kappa shape index (κ2) is 15.9. The second-order valence-electron chi connectivity index (χ2n) is 12.6. The summed E-state index contributed by atoms with van der Waals surface area (Å²) >= 11 is 21.4. The zero-order chi connectivity index (χ0) is 37.9. The third kappa shape index (κ3) is 6.78. The number of rotatable bonds is 11. The Labute approximate surface area is 335 Å². The van der Waals surface area contributed by atoms with Crippen LogP contribution in [0.4, 0.5) is 0 Å². The molecule has 2 heterocycles. The van der Waals surface area contributed by atoms with Crippen LogP contribution in [-0.4, -0.2) is 32.5 Å². The standard InChI is InChI=1S/C46H35Cl3N4O2/c1-3-54-39-29-17-25-35(44(39)55-4-2)41-43(32-22-11-14-26-36(32)47)53(46(51-41)34-24-13-16-28-38(34)49)52-42(31-20-9-6-10-21-31)40(30-18-7-5-8-19-30)50-45(52)33-23-12-15-27-37(33)48/h5-29H,3-4H2,1-2H3. The largest absolute Gasteiger partial charge is 0.490 e. The predicted octanol–water partition coefficient (Wildman–Crippen LogP) is 13.2. The lowest BCUT2D eigenvalue weighted by Crippen LogP contribution is -2.16. The minimum absolute atomic E-state index is 0.410. The summed E-state index contributed by atoms with van der Waals surface area (Å²) in [5.74, 6) is 2.31. The fourth-order valence-electron chi connectivity index (χ4n) is 6.85. The van der Waals surface area contributed by atoms with Crippen LogP contribution in [0.3, 0.4) is 0 Å². The molecule has 0 N–H and O–H groups in total. The molecule has 2 aromatic heterocycles. The van der Waals surface area contributed by atoms with Crippen LogP contribution >= 0.6 is 34.8 Å². The van der Waals surface area contributed by atoms with Gasteiger partial charge in [-0.2, -0.15) is 0 Å². The number of halogens is 3. The monoisotopic (exact) mass is 780 g/mol. The summed E-state index contributed by atoms with van der Waals surface area (Å²) in [6.07, 6.45) is 0. The average molecular weight is 782 g/mol. The number of nitrogens with zero attached hydrogens (tertiary/aromatic N) is 4. The van der Waals surface area contributed by atoms with Gasteiger partial charge in [0.25, 0.3) is 0 Å². The van der Waals surface area contributed by atoms with E-state index in [0.29, 0.717) is 68.4 Å². The Kier molecular flexibility index (Phi) is 10.5. The van der Waals surface area contributed by atoms with E-state index in [1.54, 1.807) is 0 Å². The number of ether oxygens (including phenoxy) is 2. The van der Waals surface area contributed by atoms with Gasteiger partial charge in [0, 0.05) is 33.4 Å². The lowest BCUT2D eigenvalue weighted by molar-refractivity contribution is 0.289. The highest BCUT2D eigenvalue weighted by molar-refractivity contribution is 6.34. The van der Waals surface area contributed by atoms with Gasteiger partial charge in [0.1, 0.15) is 11.4 Å². The third-order valence-electron chi connectivity index (χ3n) is 9.18. The number of aromatic nitrogens is 4. The van der Waals surface area contributed by atoms with Crippen LogP contribution in [0.2, 0.25) is 15.1 Å². The average Bonchev–Trinajstić information content (AvgIpc) is 3.79. The number of para-hydroxylation sites is 1. The van der Waals surface area contributed by atoms with Gasteiger partial charge < -0.3 is 9.47 Å². The fourth-order valence-corrected chi connectivity index (χ4v) is 7.51. The van der Waals surface area contributed by atoms with Crippen molar-refractivity contribution in [1.29, 1.82) is 0 Å². The molecule has 0 bridgehead atoms. The maximum absolute atomic E-state index is 7.22. The first-order chi connectivity index (χ1) is 27.0. The van der Waals surface area contributed by atoms with Crippen molar-refractivity contribution in [2.45, 2.75) is 13.8 Å². The summed E-state index contributed by atoms with van der Waals surface area (Å²) in [5.41, 5.74) is 7.56. The van der Waals surface area contributed by atoms with Crippen LogP contribution in [0, 0.1) is 0 Å². The molecule has 0 fully saturated rings. The van der Waals surface area contributed by atoms with Crippen molar-refractivity contribution in [2.75, 3.05) is 13.2 Å². The van der Waals surface area contributed by atoms with Gasteiger partial charge in [-0.3, -0.25) is 0 Å². The topological polar surface area (TPSA) is 54.1 Å². The maximum atomic E-state index is 7.22. The van der Waals surface area contributed by atoms with Gasteiger partial charge in [0.2, 0.25) is 0 Å². The van der Waals surface area contributed by atoms with Crippen molar-refractivity contribution in [3.63, 3.8) is 0 Å². The van der Waals surface area contributed by atoms with Crippen LogP contribution in [0.15, 0.2) is 152 Å². The molecule has 6 aromatic carbocycles. The minimum atomic E-state index is 0.410. The van der Waals surface area contributed by atoms with Gasteiger partial charge in [-0.1, -0.05) is 144 Å². The summed E-state index contributed by atoms with van der Waals surface area (Å²) in [6.45, 7) is 4.77. The lowest BCUT2D eigenvalue weighted by Gasteiger charge is -2.21. The fraction of sp³-hybridized carbons (Fsp3) is 0.0870. The molecule has 0 amide bonds. The van der Waals surface area contributed by atoms with Gasteiger partial charge >= 0.3 is 0 Å². The molecule has 272 valence electrons. The number of benzene rings is 6. The summed E-state index contributed by atoms with van der Waals surface area (Å²) in [7, 11) is 0. The highest BCUT2D eigenvalue weighted by Gasteiger charge is 2.32. The summed E-state index contributed by atoms with van der Waals surface area (Å²) in [5, 5.41) is 1.58. The van der Waals surface area contributed by atoms with E-state index in [2.05, 4.69) is 33.6 Å². The Morgan fingerprint density at radius 2 is 0.891 bits per heavy atom. The maximum Gasteiger partial charge on any atom is 0.170 e. The van der Waals surface area contributed by atoms with Crippen molar-refractivity contribution >= 4 is 34.8 Å². The van der Waals surface area contributed by atoms with Crippen LogP contribution in [0.25, 0.3) is 67.8 Å². The normalized spacial score (nSPS) is 11.1. The van der Waals surface area contributed by atoms with E-state index in [1.807, 2.05) is 141 Å². The Morgan fingerprint density at radius 1 is 0.436 bits per heavy atom.